The molecule has 0 spiro atoms. The number of ether oxygens (including phenoxy) is 1. The first-order valence-corrected chi connectivity index (χ1v) is 4.97. The van der Waals surface area contributed by atoms with Crippen LogP contribution >= 0.6 is 0 Å². The monoisotopic (exact) mass is 171 g/mol. The zero-order valence-corrected chi connectivity index (χ0v) is 8.52. The van der Waals surface area contributed by atoms with Crippen molar-refractivity contribution in [3.05, 3.63) is 0 Å². The minimum atomic E-state index is 0.361. The molecule has 0 radical (unpaired) electrons. The fourth-order valence-corrected chi connectivity index (χ4v) is 1.38. The highest BCUT2D eigenvalue weighted by Gasteiger charge is 2.13. The molecule has 0 atom stereocenters. The number of nitrogens with one attached hydrogen (secondary N) is 1. The number of rotatable bonds is 6. The van der Waals surface area contributed by atoms with Crippen LogP contribution in [0.2, 0.25) is 0 Å². The topological polar surface area (TPSA) is 33.1 Å². The molecule has 1 N–H and O–H groups in total. The van der Waals surface area contributed by atoms with Gasteiger partial charge in [0.1, 0.15) is 0 Å². The predicted octanol–water partition coefficient (Wildman–Crippen LogP) is 3.22. The van der Waals surface area contributed by atoms with Gasteiger partial charge in [0.15, 0.2) is 5.90 Å². The van der Waals surface area contributed by atoms with E-state index in [2.05, 4.69) is 13.8 Å². The maximum atomic E-state index is 7.63. The van der Waals surface area contributed by atoms with Gasteiger partial charge in [-0.1, -0.05) is 26.7 Å². The molecule has 0 rings (SSSR count). The molecule has 0 bridgehead atoms. The van der Waals surface area contributed by atoms with Crippen LogP contribution in [0.4, 0.5) is 0 Å². The lowest BCUT2D eigenvalue weighted by molar-refractivity contribution is 0.287. The molecule has 0 aliphatic carbocycles. The molecule has 0 saturated carbocycles. The number of hydrogen-bond acceptors (Lipinski definition) is 2. The van der Waals surface area contributed by atoms with Gasteiger partial charge in [-0.25, -0.2) is 0 Å². The molecule has 0 aromatic carbocycles. The molecule has 0 aliphatic heterocycles. The van der Waals surface area contributed by atoms with Crippen LogP contribution in [0.5, 0.6) is 0 Å². The van der Waals surface area contributed by atoms with Gasteiger partial charge in [0.2, 0.25) is 0 Å². The average molecular weight is 171 g/mol. The molecule has 0 aromatic heterocycles. The zero-order chi connectivity index (χ0) is 9.40. The molecule has 72 valence electrons. The quantitative estimate of drug-likeness (QED) is 0.483. The molecule has 0 fully saturated rings. The van der Waals surface area contributed by atoms with Crippen molar-refractivity contribution in [3.8, 4) is 0 Å². The molecular formula is C10H21NO. The van der Waals surface area contributed by atoms with Crippen molar-refractivity contribution in [2.75, 3.05) is 6.61 Å². The van der Waals surface area contributed by atoms with E-state index in [0.717, 1.165) is 25.7 Å². The summed E-state index contributed by atoms with van der Waals surface area (Å²) in [5, 5.41) is 7.63. The maximum Gasteiger partial charge on any atom is 0.183 e. The Hall–Kier alpha value is -0.530. The SMILES string of the molecule is CCCC(CCC)C(=N)OCC. The van der Waals surface area contributed by atoms with Crippen LogP contribution in [0.3, 0.4) is 0 Å². The summed E-state index contributed by atoms with van der Waals surface area (Å²) in [7, 11) is 0. The van der Waals surface area contributed by atoms with E-state index in [-0.39, 0.29) is 0 Å². The van der Waals surface area contributed by atoms with Crippen LogP contribution in [0.1, 0.15) is 46.5 Å². The molecule has 2 heteroatoms. The Morgan fingerprint density at radius 3 is 2.00 bits per heavy atom. The first kappa shape index (κ1) is 11.5. The van der Waals surface area contributed by atoms with Gasteiger partial charge in [0.05, 0.1) is 6.61 Å². The lowest BCUT2D eigenvalue weighted by atomic mass is 9.98. The summed E-state index contributed by atoms with van der Waals surface area (Å²) in [5.74, 6) is 0.848. The Morgan fingerprint density at radius 2 is 1.67 bits per heavy atom. The molecule has 0 amide bonds. The standard InChI is InChI=1S/C10H21NO/c1-4-7-9(8-5-2)10(11)12-6-3/h9,11H,4-8H2,1-3H3. The van der Waals surface area contributed by atoms with Crippen molar-refractivity contribution in [1.29, 1.82) is 5.41 Å². The molecule has 0 aromatic rings. The van der Waals surface area contributed by atoms with Crippen LogP contribution in [0.15, 0.2) is 0 Å². The van der Waals surface area contributed by atoms with Gasteiger partial charge in [-0.05, 0) is 19.8 Å². The Labute approximate surface area is 75.8 Å². The van der Waals surface area contributed by atoms with Crippen molar-refractivity contribution < 1.29 is 4.74 Å². The van der Waals surface area contributed by atoms with Crippen molar-refractivity contribution in [1.82, 2.24) is 0 Å². The lowest BCUT2D eigenvalue weighted by Gasteiger charge is -2.15. The molecule has 0 unspecified atom stereocenters. The van der Waals surface area contributed by atoms with Crippen molar-refractivity contribution in [2.45, 2.75) is 46.5 Å². The number of hydrogen-bond donors (Lipinski definition) is 1. The van der Waals surface area contributed by atoms with E-state index in [9.17, 15) is 0 Å². The minimum absolute atomic E-state index is 0.361. The molecule has 0 heterocycles. The Morgan fingerprint density at radius 1 is 1.17 bits per heavy atom. The van der Waals surface area contributed by atoms with Crippen molar-refractivity contribution >= 4 is 5.90 Å². The van der Waals surface area contributed by atoms with Gasteiger partial charge in [-0.3, -0.25) is 5.41 Å². The van der Waals surface area contributed by atoms with E-state index < -0.39 is 0 Å². The van der Waals surface area contributed by atoms with Crippen LogP contribution in [-0.2, 0) is 4.74 Å². The van der Waals surface area contributed by atoms with Gasteiger partial charge < -0.3 is 4.74 Å². The van der Waals surface area contributed by atoms with Gasteiger partial charge >= 0.3 is 0 Å². The largest absolute Gasteiger partial charge is 0.481 e. The summed E-state index contributed by atoms with van der Waals surface area (Å²) in [4.78, 5) is 0. The highest BCUT2D eigenvalue weighted by Crippen LogP contribution is 2.15. The van der Waals surface area contributed by atoms with Crippen LogP contribution in [0, 0.1) is 11.3 Å². The summed E-state index contributed by atoms with van der Waals surface area (Å²) >= 11 is 0. The van der Waals surface area contributed by atoms with Crippen LogP contribution in [0.25, 0.3) is 0 Å². The fourth-order valence-electron chi connectivity index (χ4n) is 1.38. The molecule has 0 aliphatic rings. The average Bonchev–Trinajstić information content (AvgIpc) is 2.04. The van der Waals surface area contributed by atoms with Gasteiger partial charge in [-0.2, -0.15) is 0 Å². The Balaban J connectivity index is 3.81. The second-order valence-corrected chi connectivity index (χ2v) is 3.07. The molecular weight excluding hydrogens is 150 g/mol. The summed E-state index contributed by atoms with van der Waals surface area (Å²) in [5.41, 5.74) is 0. The normalized spacial score (nSPS) is 10.3. The third-order valence-corrected chi connectivity index (χ3v) is 1.94. The summed E-state index contributed by atoms with van der Waals surface area (Å²) < 4.78 is 5.19. The Bertz CT molecular complexity index is 117. The predicted molar refractivity (Wildman–Crippen MR) is 52.7 cm³/mol. The van der Waals surface area contributed by atoms with E-state index in [1.54, 1.807) is 0 Å². The lowest BCUT2D eigenvalue weighted by Crippen LogP contribution is -2.16. The fraction of sp³-hybridized carbons (Fsp3) is 0.900. The van der Waals surface area contributed by atoms with E-state index in [0.29, 0.717) is 18.4 Å². The minimum Gasteiger partial charge on any atom is -0.481 e. The highest BCUT2D eigenvalue weighted by atomic mass is 16.5. The first-order valence-electron chi connectivity index (χ1n) is 4.97. The van der Waals surface area contributed by atoms with Crippen LogP contribution in [-0.4, -0.2) is 12.5 Å². The molecule has 0 saturated heterocycles. The van der Waals surface area contributed by atoms with Crippen molar-refractivity contribution in [2.24, 2.45) is 5.92 Å². The summed E-state index contributed by atoms with van der Waals surface area (Å²) in [6.07, 6.45) is 4.46. The van der Waals surface area contributed by atoms with Crippen molar-refractivity contribution in [3.63, 3.8) is 0 Å². The van der Waals surface area contributed by atoms with Gasteiger partial charge in [0.25, 0.3) is 0 Å². The zero-order valence-electron chi connectivity index (χ0n) is 8.52. The molecule has 12 heavy (non-hydrogen) atoms. The van der Waals surface area contributed by atoms with E-state index >= 15 is 0 Å². The van der Waals surface area contributed by atoms with Crippen LogP contribution < -0.4 is 0 Å². The highest BCUT2D eigenvalue weighted by molar-refractivity contribution is 5.75. The van der Waals surface area contributed by atoms with E-state index in [1.807, 2.05) is 6.92 Å². The maximum absolute atomic E-state index is 7.63. The third kappa shape index (κ3) is 4.37. The van der Waals surface area contributed by atoms with E-state index in [1.165, 1.54) is 0 Å². The van der Waals surface area contributed by atoms with Gasteiger partial charge in [0, 0.05) is 5.92 Å². The first-order chi connectivity index (χ1) is 5.76. The van der Waals surface area contributed by atoms with Gasteiger partial charge in [-0.15, -0.1) is 0 Å². The summed E-state index contributed by atoms with van der Waals surface area (Å²) in [6.45, 7) is 6.87. The third-order valence-electron chi connectivity index (χ3n) is 1.94. The smallest absolute Gasteiger partial charge is 0.183 e. The second kappa shape index (κ2) is 7.14. The van der Waals surface area contributed by atoms with E-state index in [4.69, 9.17) is 10.1 Å². The Kier molecular flexibility index (Phi) is 6.82. The molecule has 2 nitrogen and oxygen atoms in total. The summed E-state index contributed by atoms with van der Waals surface area (Å²) in [6, 6.07) is 0. The second-order valence-electron chi connectivity index (χ2n) is 3.07.